The number of alkyl halides is 3. The number of aromatic nitrogens is 1. The molecule has 186 valence electrons. The van der Waals surface area contributed by atoms with Gasteiger partial charge in [-0.25, -0.2) is 14.8 Å². The molecule has 5 rings (SSSR count). The summed E-state index contributed by atoms with van der Waals surface area (Å²) in [6.45, 7) is 0. The predicted octanol–water partition coefficient (Wildman–Crippen LogP) is 3.45. The largest absolute Gasteiger partial charge is 0.490 e. The first-order valence-electron chi connectivity index (χ1n) is 10.8. The Kier molecular flexibility index (Phi) is 6.16. The molecule has 1 aromatic carbocycles. The standard InChI is InChI=1S/C21H21FN4O2.C2HF3O2/c1-26-19(27)21(25-20(26)23)14-6-2-3-7-16(14)28-17-9-8-12(11-15(17)21)13-5-4-10-24-18(13)22;3-2(4,5)1(6)7/h4-5,8-11,14,16H,2-3,6-7H2,1H3,(H2,23,25);(H,6,7). The number of benzene rings is 1. The van der Waals surface area contributed by atoms with Crippen molar-refractivity contribution in [3.05, 3.63) is 48.0 Å². The number of nitrogens with two attached hydrogens (primary N) is 1. The second-order valence-corrected chi connectivity index (χ2v) is 8.50. The molecule has 0 radical (unpaired) electrons. The third kappa shape index (κ3) is 4.17. The van der Waals surface area contributed by atoms with E-state index in [0.717, 1.165) is 25.7 Å². The highest BCUT2D eigenvalue weighted by molar-refractivity contribution is 6.07. The summed E-state index contributed by atoms with van der Waals surface area (Å²) >= 11 is 0. The van der Waals surface area contributed by atoms with Crippen LogP contribution in [0.5, 0.6) is 5.75 Å². The topological polar surface area (TPSA) is 118 Å². The van der Waals surface area contributed by atoms with E-state index in [4.69, 9.17) is 25.4 Å². The lowest BCUT2D eigenvalue weighted by Gasteiger charge is -2.46. The predicted molar refractivity (Wildman–Crippen MR) is 116 cm³/mol. The molecule has 1 saturated carbocycles. The van der Waals surface area contributed by atoms with Gasteiger partial charge in [0.2, 0.25) is 5.95 Å². The maximum atomic E-state index is 14.3. The van der Waals surface area contributed by atoms with Gasteiger partial charge in [0.25, 0.3) is 5.91 Å². The van der Waals surface area contributed by atoms with Crippen molar-refractivity contribution < 1.29 is 37.0 Å². The fraction of sp³-hybridized carbons (Fsp3) is 0.391. The van der Waals surface area contributed by atoms with Crippen LogP contribution in [0.3, 0.4) is 0 Å². The Morgan fingerprint density at radius 1 is 1.26 bits per heavy atom. The minimum atomic E-state index is -5.08. The van der Waals surface area contributed by atoms with Gasteiger partial charge in [-0.15, -0.1) is 0 Å². The lowest BCUT2D eigenvalue weighted by Crippen LogP contribution is -2.53. The van der Waals surface area contributed by atoms with Crippen molar-refractivity contribution >= 4 is 17.8 Å². The zero-order valence-corrected chi connectivity index (χ0v) is 18.6. The number of carboxylic acid groups (broad SMARTS) is 1. The van der Waals surface area contributed by atoms with Crippen molar-refractivity contribution in [1.82, 2.24) is 9.88 Å². The summed E-state index contributed by atoms with van der Waals surface area (Å²) in [6.07, 6.45) is 0.0620. The zero-order chi connectivity index (χ0) is 25.5. The highest BCUT2D eigenvalue weighted by Gasteiger charge is 2.60. The molecule has 3 aliphatic rings. The van der Waals surface area contributed by atoms with Gasteiger partial charge in [0.15, 0.2) is 11.5 Å². The number of aliphatic imine (C=N–C) groups is 1. The molecule has 2 aromatic rings. The lowest BCUT2D eigenvalue weighted by molar-refractivity contribution is -0.192. The summed E-state index contributed by atoms with van der Waals surface area (Å²) < 4.78 is 52.3. The summed E-state index contributed by atoms with van der Waals surface area (Å²) in [5.41, 5.74) is 6.64. The molecule has 1 aliphatic carbocycles. The molecule has 8 nitrogen and oxygen atoms in total. The van der Waals surface area contributed by atoms with Crippen molar-refractivity contribution in [3.63, 3.8) is 0 Å². The number of halogens is 4. The molecule has 35 heavy (non-hydrogen) atoms. The molecule has 0 bridgehead atoms. The van der Waals surface area contributed by atoms with E-state index in [0.29, 0.717) is 22.4 Å². The molecular weight excluding hydrogens is 472 g/mol. The third-order valence-corrected chi connectivity index (χ3v) is 6.49. The van der Waals surface area contributed by atoms with Crippen LogP contribution in [0, 0.1) is 11.9 Å². The lowest BCUT2D eigenvalue weighted by atomic mass is 9.67. The Morgan fingerprint density at radius 3 is 2.54 bits per heavy atom. The fourth-order valence-electron chi connectivity index (χ4n) is 4.86. The van der Waals surface area contributed by atoms with Gasteiger partial charge in [0.1, 0.15) is 11.9 Å². The maximum Gasteiger partial charge on any atom is 0.490 e. The number of nitrogens with zero attached hydrogens (tertiary/aromatic N) is 3. The Morgan fingerprint density at radius 2 is 1.94 bits per heavy atom. The Bertz CT molecular complexity index is 1200. The number of ether oxygens (including phenoxy) is 1. The number of aliphatic carboxylic acids is 1. The van der Waals surface area contributed by atoms with Crippen LogP contribution in [-0.2, 0) is 15.1 Å². The van der Waals surface area contributed by atoms with Crippen LogP contribution in [-0.4, -0.2) is 52.2 Å². The first kappa shape index (κ1) is 24.4. The van der Waals surface area contributed by atoms with Gasteiger partial charge in [-0.05, 0) is 49.1 Å². The zero-order valence-electron chi connectivity index (χ0n) is 18.6. The number of hydrogen-bond donors (Lipinski definition) is 2. The van der Waals surface area contributed by atoms with Crippen LogP contribution in [0.4, 0.5) is 17.6 Å². The van der Waals surface area contributed by atoms with Crippen LogP contribution in [0.2, 0.25) is 0 Å². The van der Waals surface area contributed by atoms with Crippen molar-refractivity contribution in [1.29, 1.82) is 0 Å². The normalized spacial score (nSPS) is 25.1. The van der Waals surface area contributed by atoms with E-state index in [1.54, 1.807) is 31.3 Å². The van der Waals surface area contributed by atoms with Gasteiger partial charge >= 0.3 is 12.1 Å². The van der Waals surface area contributed by atoms with Crippen molar-refractivity contribution in [2.75, 3.05) is 7.05 Å². The van der Waals surface area contributed by atoms with E-state index >= 15 is 0 Å². The van der Waals surface area contributed by atoms with Crippen LogP contribution >= 0.6 is 0 Å². The minimum absolute atomic E-state index is 0.0748. The van der Waals surface area contributed by atoms with Gasteiger partial charge in [-0.2, -0.15) is 17.6 Å². The molecule has 2 aliphatic heterocycles. The van der Waals surface area contributed by atoms with E-state index in [2.05, 4.69) is 4.98 Å². The second kappa shape index (κ2) is 8.82. The number of fused-ring (bicyclic) bond motifs is 4. The molecule has 1 aromatic heterocycles. The molecule has 3 unspecified atom stereocenters. The average molecular weight is 494 g/mol. The van der Waals surface area contributed by atoms with E-state index in [-0.39, 0.29) is 23.9 Å². The first-order chi connectivity index (χ1) is 16.5. The summed E-state index contributed by atoms with van der Waals surface area (Å²) in [5, 5.41) is 7.12. The van der Waals surface area contributed by atoms with E-state index in [9.17, 15) is 22.4 Å². The number of hydrogen-bond acceptors (Lipinski definition) is 6. The van der Waals surface area contributed by atoms with Crippen molar-refractivity contribution in [2.24, 2.45) is 16.6 Å². The molecule has 0 saturated heterocycles. The van der Waals surface area contributed by atoms with Crippen LogP contribution in [0.25, 0.3) is 11.1 Å². The second-order valence-electron chi connectivity index (χ2n) is 8.50. The summed E-state index contributed by atoms with van der Waals surface area (Å²) in [6, 6.07) is 8.77. The summed E-state index contributed by atoms with van der Waals surface area (Å²) in [5.74, 6) is -2.71. The number of rotatable bonds is 1. The number of guanidine groups is 1. The maximum absolute atomic E-state index is 14.3. The van der Waals surface area contributed by atoms with Crippen LogP contribution in [0.15, 0.2) is 41.5 Å². The molecule has 1 spiro atoms. The molecular formula is C23H22F4N4O4. The summed E-state index contributed by atoms with van der Waals surface area (Å²) in [7, 11) is 1.65. The van der Waals surface area contributed by atoms with Gasteiger partial charge in [-0.1, -0.05) is 12.5 Å². The molecule has 12 heteroatoms. The number of carbonyl (C=O) groups excluding carboxylic acids is 1. The SMILES string of the molecule is CN1C(=O)C2(N=C1N)c1cc(-c3cccnc3F)ccc1OC1CCCCC12.O=C(O)C(F)(F)F. The highest BCUT2D eigenvalue weighted by Crippen LogP contribution is 2.53. The van der Waals surface area contributed by atoms with Gasteiger partial charge < -0.3 is 15.6 Å². The van der Waals surface area contributed by atoms with E-state index in [1.165, 1.54) is 11.1 Å². The fourth-order valence-corrected chi connectivity index (χ4v) is 4.86. The minimum Gasteiger partial charge on any atom is -0.490 e. The summed E-state index contributed by atoms with van der Waals surface area (Å²) in [4.78, 5) is 32.2. The number of likely N-dealkylation sites (N-methyl/N-ethyl adjacent to an activating group) is 1. The molecule has 3 heterocycles. The van der Waals surface area contributed by atoms with Crippen molar-refractivity contribution in [3.8, 4) is 16.9 Å². The van der Waals surface area contributed by atoms with Gasteiger partial charge in [0, 0.05) is 30.3 Å². The van der Waals surface area contributed by atoms with E-state index in [1.807, 2.05) is 6.07 Å². The molecule has 3 atom stereocenters. The molecule has 1 fully saturated rings. The monoisotopic (exact) mass is 494 g/mol. The van der Waals surface area contributed by atoms with Gasteiger partial charge in [0.05, 0.1) is 0 Å². The average Bonchev–Trinajstić information content (AvgIpc) is 3.04. The first-order valence-corrected chi connectivity index (χ1v) is 10.8. The Balaban J connectivity index is 0.000000364. The third-order valence-electron chi connectivity index (χ3n) is 6.49. The van der Waals surface area contributed by atoms with Crippen LogP contribution < -0.4 is 10.5 Å². The van der Waals surface area contributed by atoms with Gasteiger partial charge in [-0.3, -0.25) is 9.69 Å². The quantitative estimate of drug-likeness (QED) is 0.463. The number of carbonyl (C=O) groups is 2. The smallest absolute Gasteiger partial charge is 0.490 e. The number of amides is 1. The molecule has 1 amide bonds. The van der Waals surface area contributed by atoms with E-state index < -0.39 is 23.6 Å². The molecule has 3 N–H and O–H groups in total. The number of pyridine rings is 1. The Labute approximate surface area is 197 Å². The number of carboxylic acids is 1. The van der Waals surface area contributed by atoms with Crippen molar-refractivity contribution in [2.45, 2.75) is 43.5 Å². The Hall–Kier alpha value is -3.70. The highest BCUT2D eigenvalue weighted by atomic mass is 19.4. The van der Waals surface area contributed by atoms with Crippen LogP contribution in [0.1, 0.15) is 31.2 Å².